The van der Waals surface area contributed by atoms with Crippen molar-refractivity contribution in [3.8, 4) is 11.5 Å². The molecule has 0 fully saturated rings. The van der Waals surface area contributed by atoms with Crippen LogP contribution in [0.1, 0.15) is 11.4 Å². The highest BCUT2D eigenvalue weighted by atomic mass is 35.5. The zero-order chi connectivity index (χ0) is 15.8. The molecular formula is C15H13Cl2N5S. The van der Waals surface area contributed by atoms with Crippen LogP contribution < -0.4 is 0 Å². The van der Waals surface area contributed by atoms with Gasteiger partial charge in [-0.15, -0.1) is 21.5 Å². The predicted octanol–water partition coefficient (Wildman–Crippen LogP) is 3.72. The Morgan fingerprint density at radius 3 is 2.87 bits per heavy atom. The number of benzene rings is 1. The molecule has 1 aliphatic heterocycles. The molecular weight excluding hydrogens is 353 g/mol. The molecule has 0 radical (unpaired) electrons. The normalized spacial score (nSPS) is 14.9. The Bertz CT molecular complexity index is 831. The molecule has 0 amide bonds. The molecule has 3 aromatic rings. The number of aromatic nitrogens is 4. The van der Waals surface area contributed by atoms with Gasteiger partial charge in [-0.3, -0.25) is 4.90 Å². The molecule has 8 heteroatoms. The fourth-order valence-electron chi connectivity index (χ4n) is 2.75. The van der Waals surface area contributed by atoms with Crippen molar-refractivity contribution >= 4 is 34.5 Å². The molecule has 4 rings (SSSR count). The number of hydrogen-bond donors (Lipinski definition) is 0. The topological polar surface area (TPSA) is 46.8 Å². The predicted molar refractivity (Wildman–Crippen MR) is 91.7 cm³/mol. The molecule has 3 heterocycles. The minimum absolute atomic E-state index is 0.657. The van der Waals surface area contributed by atoms with E-state index in [0.717, 1.165) is 49.1 Å². The first-order chi connectivity index (χ1) is 11.2. The summed E-state index contributed by atoms with van der Waals surface area (Å²) in [6.07, 6.45) is 0. The van der Waals surface area contributed by atoms with E-state index in [4.69, 9.17) is 23.2 Å². The second kappa shape index (κ2) is 6.20. The van der Waals surface area contributed by atoms with E-state index >= 15 is 0 Å². The average molecular weight is 366 g/mol. The maximum absolute atomic E-state index is 6.27. The Labute approximate surface area is 147 Å². The summed E-state index contributed by atoms with van der Waals surface area (Å²) < 4.78 is 2.15. The van der Waals surface area contributed by atoms with Gasteiger partial charge >= 0.3 is 0 Å². The maximum atomic E-state index is 6.27. The summed E-state index contributed by atoms with van der Waals surface area (Å²) in [5.41, 5.74) is 3.78. The summed E-state index contributed by atoms with van der Waals surface area (Å²) in [5, 5.41) is 12.0. The summed E-state index contributed by atoms with van der Waals surface area (Å²) in [4.78, 5) is 6.63. The molecule has 0 aliphatic carbocycles. The Balaban J connectivity index is 1.53. The Kier molecular flexibility index (Phi) is 4.07. The van der Waals surface area contributed by atoms with Gasteiger partial charge in [0.25, 0.3) is 0 Å². The Morgan fingerprint density at radius 2 is 2.09 bits per heavy atom. The van der Waals surface area contributed by atoms with E-state index in [1.807, 2.05) is 23.0 Å². The van der Waals surface area contributed by atoms with E-state index in [1.54, 1.807) is 17.4 Å². The van der Waals surface area contributed by atoms with Crippen LogP contribution in [-0.2, 0) is 19.6 Å². The SMILES string of the molecule is Clc1ccc(CN2CCn3c(nnc3-c3cscn3)C2)c(Cl)c1. The summed E-state index contributed by atoms with van der Waals surface area (Å²) in [5.74, 6) is 1.81. The minimum atomic E-state index is 0.657. The molecule has 5 nitrogen and oxygen atoms in total. The molecule has 0 spiro atoms. The first-order valence-corrected chi connectivity index (χ1v) is 8.87. The molecule has 0 N–H and O–H groups in total. The summed E-state index contributed by atoms with van der Waals surface area (Å²) in [6, 6.07) is 5.63. The van der Waals surface area contributed by atoms with Crippen molar-refractivity contribution in [1.82, 2.24) is 24.6 Å². The Hall–Kier alpha value is -1.47. The van der Waals surface area contributed by atoms with Gasteiger partial charge in [0.15, 0.2) is 5.82 Å². The first-order valence-electron chi connectivity index (χ1n) is 7.17. The summed E-state index contributed by atoms with van der Waals surface area (Å²) >= 11 is 13.8. The van der Waals surface area contributed by atoms with Crippen molar-refractivity contribution in [2.45, 2.75) is 19.6 Å². The average Bonchev–Trinajstić information content (AvgIpc) is 3.18. The number of nitrogens with zero attached hydrogens (tertiary/aromatic N) is 5. The van der Waals surface area contributed by atoms with Crippen LogP contribution in [0.5, 0.6) is 0 Å². The fourth-order valence-corrected chi connectivity index (χ4v) is 3.74. The molecule has 1 aliphatic rings. The van der Waals surface area contributed by atoms with Crippen molar-refractivity contribution < 1.29 is 0 Å². The lowest BCUT2D eigenvalue weighted by Crippen LogP contribution is -2.33. The van der Waals surface area contributed by atoms with Crippen molar-refractivity contribution in [3.05, 3.63) is 50.5 Å². The molecule has 0 unspecified atom stereocenters. The van der Waals surface area contributed by atoms with Gasteiger partial charge in [0, 0.05) is 35.1 Å². The third-order valence-electron chi connectivity index (χ3n) is 3.90. The summed E-state index contributed by atoms with van der Waals surface area (Å²) in [7, 11) is 0. The highest BCUT2D eigenvalue weighted by Crippen LogP contribution is 2.25. The quantitative estimate of drug-likeness (QED) is 0.709. The first kappa shape index (κ1) is 15.1. The van der Waals surface area contributed by atoms with Crippen LogP contribution in [-0.4, -0.2) is 31.2 Å². The van der Waals surface area contributed by atoms with E-state index in [9.17, 15) is 0 Å². The van der Waals surface area contributed by atoms with E-state index in [0.29, 0.717) is 10.0 Å². The standard InChI is InChI=1S/C15H13Cl2N5S/c16-11-2-1-10(12(17)5-11)6-21-3-4-22-14(7-21)19-20-15(22)13-8-23-9-18-13/h1-2,5,8-9H,3-4,6-7H2. The maximum Gasteiger partial charge on any atom is 0.183 e. The van der Waals surface area contributed by atoms with Crippen LogP contribution in [0.15, 0.2) is 29.1 Å². The number of fused-ring (bicyclic) bond motifs is 1. The third kappa shape index (κ3) is 2.99. The fraction of sp³-hybridized carbons (Fsp3) is 0.267. The van der Waals surface area contributed by atoms with Crippen molar-refractivity contribution in [3.63, 3.8) is 0 Å². The van der Waals surface area contributed by atoms with Crippen LogP contribution >= 0.6 is 34.5 Å². The lowest BCUT2D eigenvalue weighted by atomic mass is 10.2. The van der Waals surface area contributed by atoms with Gasteiger partial charge < -0.3 is 4.57 Å². The molecule has 23 heavy (non-hydrogen) atoms. The van der Waals surface area contributed by atoms with Crippen LogP contribution in [0.2, 0.25) is 10.0 Å². The van der Waals surface area contributed by atoms with Crippen molar-refractivity contribution in [2.75, 3.05) is 6.54 Å². The van der Waals surface area contributed by atoms with Gasteiger partial charge in [-0.05, 0) is 17.7 Å². The van der Waals surface area contributed by atoms with Crippen LogP contribution in [0.4, 0.5) is 0 Å². The smallest absolute Gasteiger partial charge is 0.183 e. The van der Waals surface area contributed by atoms with Crippen molar-refractivity contribution in [2.24, 2.45) is 0 Å². The van der Waals surface area contributed by atoms with E-state index in [1.165, 1.54) is 0 Å². The van der Waals surface area contributed by atoms with Crippen molar-refractivity contribution in [1.29, 1.82) is 0 Å². The van der Waals surface area contributed by atoms with Gasteiger partial charge in [-0.25, -0.2) is 4.98 Å². The molecule has 2 aromatic heterocycles. The third-order valence-corrected chi connectivity index (χ3v) is 5.08. The van der Waals surface area contributed by atoms with Gasteiger partial charge in [0.2, 0.25) is 0 Å². The highest BCUT2D eigenvalue weighted by Gasteiger charge is 2.23. The molecule has 0 saturated heterocycles. The molecule has 1 aromatic carbocycles. The highest BCUT2D eigenvalue weighted by molar-refractivity contribution is 7.07. The van der Waals surface area contributed by atoms with E-state index in [-0.39, 0.29) is 0 Å². The molecule has 0 bridgehead atoms. The zero-order valence-electron chi connectivity index (χ0n) is 12.1. The molecule has 0 saturated carbocycles. The second-order valence-electron chi connectivity index (χ2n) is 5.41. The van der Waals surface area contributed by atoms with E-state index in [2.05, 4.69) is 24.6 Å². The molecule has 0 atom stereocenters. The van der Waals surface area contributed by atoms with Gasteiger partial charge in [0.05, 0.1) is 12.1 Å². The number of halogens is 2. The number of rotatable bonds is 3. The van der Waals surface area contributed by atoms with Crippen LogP contribution in [0.25, 0.3) is 11.5 Å². The molecule has 118 valence electrons. The van der Waals surface area contributed by atoms with Gasteiger partial charge in [-0.2, -0.15) is 0 Å². The Morgan fingerprint density at radius 1 is 1.17 bits per heavy atom. The van der Waals surface area contributed by atoms with Gasteiger partial charge in [-0.1, -0.05) is 29.3 Å². The zero-order valence-corrected chi connectivity index (χ0v) is 14.4. The van der Waals surface area contributed by atoms with E-state index < -0.39 is 0 Å². The van der Waals surface area contributed by atoms with Crippen LogP contribution in [0, 0.1) is 0 Å². The lowest BCUT2D eigenvalue weighted by Gasteiger charge is -2.27. The second-order valence-corrected chi connectivity index (χ2v) is 6.97. The largest absolute Gasteiger partial charge is 0.307 e. The summed E-state index contributed by atoms with van der Waals surface area (Å²) in [6.45, 7) is 3.28. The number of hydrogen-bond acceptors (Lipinski definition) is 5. The minimum Gasteiger partial charge on any atom is -0.307 e. The monoisotopic (exact) mass is 365 g/mol. The van der Waals surface area contributed by atoms with Crippen LogP contribution in [0.3, 0.4) is 0 Å². The lowest BCUT2D eigenvalue weighted by molar-refractivity contribution is 0.209. The van der Waals surface area contributed by atoms with Gasteiger partial charge in [0.1, 0.15) is 11.5 Å². The number of thiazole rings is 1.